The van der Waals surface area contributed by atoms with Crippen LogP contribution in [0.5, 0.6) is 0 Å². The largest absolute Gasteiger partial charge is 0.480 e. The smallest absolute Gasteiger partial charge is 0.326 e. The predicted molar refractivity (Wildman–Crippen MR) is 51.8 cm³/mol. The van der Waals surface area contributed by atoms with Crippen molar-refractivity contribution in [1.29, 1.82) is 0 Å². The number of carbonyl (C=O) groups is 2. The highest BCUT2D eigenvalue weighted by molar-refractivity contribution is 7.98. The van der Waals surface area contributed by atoms with Crippen molar-refractivity contribution in [1.82, 2.24) is 4.90 Å². The van der Waals surface area contributed by atoms with E-state index in [4.69, 9.17) is 10.8 Å². The minimum absolute atomic E-state index is 0.413. The van der Waals surface area contributed by atoms with Gasteiger partial charge in [-0.15, -0.1) is 0 Å². The molecule has 0 saturated carbocycles. The molecule has 0 spiro atoms. The number of aliphatic carboxylic acids is 1. The fourth-order valence-electron chi connectivity index (χ4n) is 0.866. The first-order valence-electron chi connectivity index (χ1n) is 3.74. The molecule has 0 aromatic heterocycles. The van der Waals surface area contributed by atoms with Gasteiger partial charge in [-0.25, -0.2) is 9.59 Å². The molecular weight excluding hydrogens is 192 g/mol. The van der Waals surface area contributed by atoms with Crippen molar-refractivity contribution in [3.63, 3.8) is 0 Å². The number of carboxylic acids is 1. The monoisotopic (exact) mass is 206 g/mol. The maximum absolute atomic E-state index is 10.7. The van der Waals surface area contributed by atoms with Gasteiger partial charge >= 0.3 is 12.0 Å². The van der Waals surface area contributed by atoms with Gasteiger partial charge in [0.2, 0.25) is 0 Å². The second kappa shape index (κ2) is 5.69. The van der Waals surface area contributed by atoms with Gasteiger partial charge in [-0.1, -0.05) is 0 Å². The second-order valence-electron chi connectivity index (χ2n) is 2.58. The van der Waals surface area contributed by atoms with Crippen LogP contribution in [0.25, 0.3) is 0 Å². The summed E-state index contributed by atoms with van der Waals surface area (Å²) in [5.74, 6) is -0.329. The molecule has 0 aliphatic heterocycles. The molecule has 0 aliphatic rings. The molecule has 3 N–H and O–H groups in total. The lowest BCUT2D eigenvalue weighted by Crippen LogP contribution is -2.45. The van der Waals surface area contributed by atoms with Crippen LogP contribution >= 0.6 is 11.8 Å². The molecule has 0 aliphatic carbocycles. The van der Waals surface area contributed by atoms with Crippen LogP contribution in [0.4, 0.5) is 4.79 Å². The predicted octanol–water partition coefficient (Wildman–Crippen LogP) is 0.203. The Morgan fingerprint density at radius 2 is 2.15 bits per heavy atom. The number of amides is 2. The van der Waals surface area contributed by atoms with Gasteiger partial charge < -0.3 is 15.7 Å². The summed E-state index contributed by atoms with van der Waals surface area (Å²) >= 11 is 1.53. The molecule has 1 atom stereocenters. The van der Waals surface area contributed by atoms with E-state index in [1.165, 1.54) is 18.8 Å². The highest BCUT2D eigenvalue weighted by Crippen LogP contribution is 2.06. The molecule has 0 heterocycles. The summed E-state index contributed by atoms with van der Waals surface area (Å²) in [6.07, 6.45) is 2.29. The van der Waals surface area contributed by atoms with E-state index in [0.29, 0.717) is 12.2 Å². The minimum atomic E-state index is -1.02. The number of rotatable bonds is 5. The summed E-state index contributed by atoms with van der Waals surface area (Å²) in [5.41, 5.74) is 4.96. The third kappa shape index (κ3) is 4.02. The van der Waals surface area contributed by atoms with Crippen molar-refractivity contribution in [2.45, 2.75) is 12.5 Å². The van der Waals surface area contributed by atoms with E-state index in [1.807, 2.05) is 6.26 Å². The van der Waals surface area contributed by atoms with E-state index in [-0.39, 0.29) is 0 Å². The standard InChI is InChI=1S/C7H14N2O3S/c1-9(7(8)12)5(6(10)11)3-4-13-2/h5H,3-4H2,1-2H3,(H2,8,12)(H,10,11). The van der Waals surface area contributed by atoms with Crippen LogP contribution in [-0.2, 0) is 4.79 Å². The van der Waals surface area contributed by atoms with Crippen LogP contribution in [0.3, 0.4) is 0 Å². The van der Waals surface area contributed by atoms with Gasteiger partial charge in [-0.2, -0.15) is 11.8 Å². The highest BCUT2D eigenvalue weighted by Gasteiger charge is 2.24. The third-order valence-electron chi connectivity index (χ3n) is 1.70. The molecule has 0 saturated heterocycles. The molecule has 0 fully saturated rings. The number of carbonyl (C=O) groups excluding carboxylic acids is 1. The molecule has 0 aromatic carbocycles. The number of urea groups is 1. The van der Waals surface area contributed by atoms with Crippen molar-refractivity contribution in [2.75, 3.05) is 19.1 Å². The van der Waals surface area contributed by atoms with Crippen molar-refractivity contribution < 1.29 is 14.7 Å². The molecule has 0 rings (SSSR count). The topological polar surface area (TPSA) is 83.6 Å². The molecule has 6 heteroatoms. The van der Waals surface area contributed by atoms with Crippen molar-refractivity contribution in [2.24, 2.45) is 5.73 Å². The number of hydrogen-bond donors (Lipinski definition) is 2. The van der Waals surface area contributed by atoms with E-state index in [1.54, 1.807) is 0 Å². The minimum Gasteiger partial charge on any atom is -0.480 e. The lowest BCUT2D eigenvalue weighted by atomic mass is 10.2. The number of hydrogen-bond acceptors (Lipinski definition) is 3. The molecule has 2 amide bonds. The molecule has 0 bridgehead atoms. The van der Waals surface area contributed by atoms with Crippen LogP contribution in [0.1, 0.15) is 6.42 Å². The van der Waals surface area contributed by atoms with E-state index >= 15 is 0 Å². The maximum atomic E-state index is 10.7. The van der Waals surface area contributed by atoms with Crippen LogP contribution in [0.2, 0.25) is 0 Å². The number of thioether (sulfide) groups is 1. The van der Waals surface area contributed by atoms with E-state index in [0.717, 1.165) is 4.90 Å². The molecule has 76 valence electrons. The fraction of sp³-hybridized carbons (Fsp3) is 0.714. The number of likely N-dealkylation sites (N-methyl/N-ethyl adjacent to an activating group) is 1. The lowest BCUT2D eigenvalue weighted by molar-refractivity contribution is -0.141. The molecule has 13 heavy (non-hydrogen) atoms. The van der Waals surface area contributed by atoms with Gasteiger partial charge in [-0.05, 0) is 18.4 Å². The zero-order valence-electron chi connectivity index (χ0n) is 7.69. The fourth-order valence-corrected chi connectivity index (χ4v) is 1.32. The Bertz CT molecular complexity index is 198. The van der Waals surface area contributed by atoms with E-state index < -0.39 is 18.0 Å². The van der Waals surface area contributed by atoms with Crippen LogP contribution < -0.4 is 5.73 Å². The first-order valence-corrected chi connectivity index (χ1v) is 5.14. The SMILES string of the molecule is CSCCC(C(=O)O)N(C)C(N)=O. The molecule has 5 nitrogen and oxygen atoms in total. The van der Waals surface area contributed by atoms with Gasteiger partial charge in [0, 0.05) is 7.05 Å². The van der Waals surface area contributed by atoms with Gasteiger partial charge in [0.05, 0.1) is 0 Å². The highest BCUT2D eigenvalue weighted by atomic mass is 32.2. The molecule has 0 aromatic rings. The Balaban J connectivity index is 4.24. The number of primary amides is 1. The Kier molecular flexibility index (Phi) is 5.29. The maximum Gasteiger partial charge on any atom is 0.326 e. The first kappa shape index (κ1) is 12.1. The Morgan fingerprint density at radius 1 is 1.62 bits per heavy atom. The van der Waals surface area contributed by atoms with Gasteiger partial charge in [0.15, 0.2) is 0 Å². The number of nitrogens with two attached hydrogens (primary N) is 1. The van der Waals surface area contributed by atoms with E-state index in [9.17, 15) is 9.59 Å². The quantitative estimate of drug-likeness (QED) is 0.673. The van der Waals surface area contributed by atoms with Gasteiger partial charge in [-0.3, -0.25) is 0 Å². The average molecular weight is 206 g/mol. The van der Waals surface area contributed by atoms with Gasteiger partial charge in [0.25, 0.3) is 0 Å². The van der Waals surface area contributed by atoms with Gasteiger partial charge in [0.1, 0.15) is 6.04 Å². The summed E-state index contributed by atoms with van der Waals surface area (Å²) in [4.78, 5) is 22.4. The number of carboxylic acid groups (broad SMARTS) is 1. The van der Waals surface area contributed by atoms with Crippen LogP contribution in [0.15, 0.2) is 0 Å². The molecule has 0 radical (unpaired) electrons. The normalized spacial score (nSPS) is 12.2. The van der Waals surface area contributed by atoms with Crippen LogP contribution in [0, 0.1) is 0 Å². The van der Waals surface area contributed by atoms with Crippen molar-refractivity contribution in [3.05, 3.63) is 0 Å². The summed E-state index contributed by atoms with van der Waals surface area (Å²) in [7, 11) is 1.39. The van der Waals surface area contributed by atoms with Crippen molar-refractivity contribution in [3.8, 4) is 0 Å². The zero-order chi connectivity index (χ0) is 10.4. The van der Waals surface area contributed by atoms with E-state index in [2.05, 4.69) is 0 Å². The first-order chi connectivity index (χ1) is 6.00. The summed E-state index contributed by atoms with van der Waals surface area (Å²) in [6.45, 7) is 0. The number of nitrogens with zero attached hydrogens (tertiary/aromatic N) is 1. The summed E-state index contributed by atoms with van der Waals surface area (Å²) in [6, 6.07) is -1.53. The summed E-state index contributed by atoms with van der Waals surface area (Å²) in [5, 5.41) is 8.76. The molecule has 1 unspecified atom stereocenters. The average Bonchev–Trinajstić information content (AvgIpc) is 2.04. The summed E-state index contributed by atoms with van der Waals surface area (Å²) < 4.78 is 0. The van der Waals surface area contributed by atoms with Crippen molar-refractivity contribution >= 4 is 23.8 Å². The third-order valence-corrected chi connectivity index (χ3v) is 2.34. The Hall–Kier alpha value is -0.910. The Labute approximate surface area is 81.3 Å². The lowest BCUT2D eigenvalue weighted by Gasteiger charge is -2.22. The van der Waals surface area contributed by atoms with Crippen LogP contribution in [-0.4, -0.2) is 47.1 Å². The second-order valence-corrected chi connectivity index (χ2v) is 3.57. The Morgan fingerprint density at radius 3 is 2.46 bits per heavy atom. The molecular formula is C7H14N2O3S. The zero-order valence-corrected chi connectivity index (χ0v) is 8.50.